The standard InChI is InChI=1S/C20H20ClN5O2/c1-2-10-23-17(27)12-26-18(28)9-8-16(25-26)14-11-15(21)20(22)24-19(14)13-6-4-3-5-7-13/h3-9,11H,2,10,12H2,1H3,(H2,22,24)(H,23,27). The minimum Gasteiger partial charge on any atom is -0.382 e. The Morgan fingerprint density at radius 1 is 1.21 bits per heavy atom. The quantitative estimate of drug-likeness (QED) is 0.665. The van der Waals surface area contributed by atoms with Crippen LogP contribution < -0.4 is 16.6 Å². The first kappa shape index (κ1) is 19.6. The molecule has 8 heteroatoms. The number of anilines is 1. The van der Waals surface area contributed by atoms with Gasteiger partial charge in [-0.25, -0.2) is 9.67 Å². The Hall–Kier alpha value is -3.19. The van der Waals surface area contributed by atoms with Gasteiger partial charge in [-0.2, -0.15) is 5.10 Å². The number of rotatable bonds is 6. The van der Waals surface area contributed by atoms with Crippen LogP contribution in [0.2, 0.25) is 5.02 Å². The number of carbonyl (C=O) groups is 1. The lowest BCUT2D eigenvalue weighted by Crippen LogP contribution is -2.33. The highest BCUT2D eigenvalue weighted by Crippen LogP contribution is 2.33. The fraction of sp³-hybridized carbons (Fsp3) is 0.200. The maximum Gasteiger partial charge on any atom is 0.267 e. The number of nitrogens with one attached hydrogen (secondary N) is 1. The fourth-order valence-corrected chi connectivity index (χ4v) is 2.83. The fourth-order valence-electron chi connectivity index (χ4n) is 2.68. The summed E-state index contributed by atoms with van der Waals surface area (Å²) in [5, 5.41) is 7.37. The normalized spacial score (nSPS) is 10.6. The van der Waals surface area contributed by atoms with Gasteiger partial charge in [-0.3, -0.25) is 9.59 Å². The first-order chi connectivity index (χ1) is 13.5. The number of amides is 1. The maximum atomic E-state index is 12.1. The van der Waals surface area contributed by atoms with Crippen LogP contribution in [0.1, 0.15) is 13.3 Å². The molecule has 0 aliphatic carbocycles. The zero-order chi connectivity index (χ0) is 20.1. The van der Waals surface area contributed by atoms with Crippen molar-refractivity contribution >= 4 is 23.3 Å². The molecule has 0 aliphatic rings. The third-order valence-corrected chi connectivity index (χ3v) is 4.36. The van der Waals surface area contributed by atoms with Crippen LogP contribution in [-0.2, 0) is 11.3 Å². The van der Waals surface area contributed by atoms with Gasteiger partial charge >= 0.3 is 0 Å². The molecule has 0 bridgehead atoms. The number of hydrogen-bond acceptors (Lipinski definition) is 5. The number of halogens is 1. The largest absolute Gasteiger partial charge is 0.382 e. The van der Waals surface area contributed by atoms with E-state index in [9.17, 15) is 9.59 Å². The Balaban J connectivity index is 2.06. The van der Waals surface area contributed by atoms with Crippen molar-refractivity contribution in [2.75, 3.05) is 12.3 Å². The van der Waals surface area contributed by atoms with Crippen molar-refractivity contribution in [2.24, 2.45) is 0 Å². The molecule has 7 nitrogen and oxygen atoms in total. The minimum atomic E-state index is -0.369. The molecule has 0 spiro atoms. The van der Waals surface area contributed by atoms with Gasteiger partial charge in [-0.15, -0.1) is 0 Å². The van der Waals surface area contributed by atoms with Crippen molar-refractivity contribution in [3.8, 4) is 22.5 Å². The number of nitrogens with two attached hydrogens (primary N) is 1. The molecule has 0 atom stereocenters. The van der Waals surface area contributed by atoms with Crippen molar-refractivity contribution in [3.05, 3.63) is 63.9 Å². The molecule has 0 saturated carbocycles. The van der Waals surface area contributed by atoms with E-state index in [0.717, 1.165) is 16.7 Å². The summed E-state index contributed by atoms with van der Waals surface area (Å²) in [5.74, 6) is -0.0677. The first-order valence-corrected chi connectivity index (χ1v) is 9.24. The number of aromatic nitrogens is 3. The molecule has 0 aliphatic heterocycles. The summed E-state index contributed by atoms with van der Waals surface area (Å²) in [6, 6.07) is 14.1. The lowest BCUT2D eigenvalue weighted by Gasteiger charge is -2.12. The number of benzene rings is 1. The monoisotopic (exact) mass is 397 g/mol. The lowest BCUT2D eigenvalue weighted by atomic mass is 10.0. The molecule has 144 valence electrons. The summed E-state index contributed by atoms with van der Waals surface area (Å²) in [5.41, 5.74) is 8.05. The molecule has 3 rings (SSSR count). The second-order valence-corrected chi connectivity index (χ2v) is 6.59. The van der Waals surface area contributed by atoms with E-state index in [2.05, 4.69) is 15.4 Å². The highest BCUT2D eigenvalue weighted by molar-refractivity contribution is 6.33. The zero-order valence-corrected chi connectivity index (χ0v) is 16.1. The zero-order valence-electron chi connectivity index (χ0n) is 15.4. The molecule has 1 aromatic carbocycles. The number of hydrogen-bond donors (Lipinski definition) is 2. The second-order valence-electron chi connectivity index (χ2n) is 6.18. The van der Waals surface area contributed by atoms with E-state index < -0.39 is 0 Å². The molecule has 2 aromatic heterocycles. The molecule has 2 heterocycles. The molecule has 0 saturated heterocycles. The maximum absolute atomic E-state index is 12.1. The average Bonchev–Trinajstić information content (AvgIpc) is 2.70. The highest BCUT2D eigenvalue weighted by atomic mass is 35.5. The molecular weight excluding hydrogens is 378 g/mol. The third kappa shape index (κ3) is 4.37. The van der Waals surface area contributed by atoms with Crippen LogP contribution in [0.5, 0.6) is 0 Å². The van der Waals surface area contributed by atoms with E-state index in [1.165, 1.54) is 6.07 Å². The smallest absolute Gasteiger partial charge is 0.267 e. The van der Waals surface area contributed by atoms with Gasteiger partial charge in [0, 0.05) is 23.7 Å². The number of nitrogens with zero attached hydrogens (tertiary/aromatic N) is 3. The summed E-state index contributed by atoms with van der Waals surface area (Å²) in [7, 11) is 0. The molecule has 3 N–H and O–H groups in total. The Morgan fingerprint density at radius 2 is 1.96 bits per heavy atom. The summed E-state index contributed by atoms with van der Waals surface area (Å²) in [4.78, 5) is 28.6. The van der Waals surface area contributed by atoms with E-state index >= 15 is 0 Å². The van der Waals surface area contributed by atoms with E-state index in [0.29, 0.717) is 23.5 Å². The van der Waals surface area contributed by atoms with Crippen molar-refractivity contribution < 1.29 is 4.79 Å². The van der Waals surface area contributed by atoms with E-state index in [4.69, 9.17) is 17.3 Å². The third-order valence-electron chi connectivity index (χ3n) is 4.06. The van der Waals surface area contributed by atoms with Crippen molar-refractivity contribution in [2.45, 2.75) is 19.9 Å². The van der Waals surface area contributed by atoms with Gasteiger partial charge in [0.05, 0.1) is 16.4 Å². The van der Waals surface area contributed by atoms with Crippen LogP contribution in [0.4, 0.5) is 5.82 Å². The van der Waals surface area contributed by atoms with Gasteiger partial charge < -0.3 is 11.1 Å². The molecule has 3 aromatic rings. The van der Waals surface area contributed by atoms with Crippen molar-refractivity contribution in [1.82, 2.24) is 20.1 Å². The summed E-state index contributed by atoms with van der Waals surface area (Å²) < 4.78 is 1.12. The average molecular weight is 398 g/mol. The lowest BCUT2D eigenvalue weighted by molar-refractivity contribution is -0.121. The Kier molecular flexibility index (Phi) is 6.06. The van der Waals surface area contributed by atoms with Gasteiger partial charge in [0.15, 0.2) is 0 Å². The van der Waals surface area contributed by atoms with Gasteiger partial charge in [0.2, 0.25) is 5.91 Å². The molecule has 0 unspecified atom stereocenters. The molecule has 0 radical (unpaired) electrons. The van der Waals surface area contributed by atoms with Gasteiger partial charge in [-0.1, -0.05) is 48.9 Å². The highest BCUT2D eigenvalue weighted by Gasteiger charge is 2.15. The van der Waals surface area contributed by atoms with Gasteiger partial charge in [-0.05, 0) is 18.6 Å². The van der Waals surface area contributed by atoms with Gasteiger partial charge in [0.1, 0.15) is 12.4 Å². The van der Waals surface area contributed by atoms with Crippen LogP contribution in [0.15, 0.2) is 53.3 Å². The second kappa shape index (κ2) is 8.67. The Bertz CT molecular complexity index is 1050. The molecule has 28 heavy (non-hydrogen) atoms. The molecule has 1 amide bonds. The van der Waals surface area contributed by atoms with E-state index in [1.54, 1.807) is 12.1 Å². The van der Waals surface area contributed by atoms with Crippen LogP contribution in [0, 0.1) is 0 Å². The van der Waals surface area contributed by atoms with Gasteiger partial charge in [0.25, 0.3) is 5.56 Å². The van der Waals surface area contributed by atoms with Crippen LogP contribution >= 0.6 is 11.6 Å². The van der Waals surface area contributed by atoms with Crippen molar-refractivity contribution in [3.63, 3.8) is 0 Å². The Morgan fingerprint density at radius 3 is 2.68 bits per heavy atom. The predicted molar refractivity (Wildman–Crippen MR) is 110 cm³/mol. The molecule has 0 fully saturated rings. The predicted octanol–water partition coefficient (Wildman–Crippen LogP) is 2.73. The summed E-state index contributed by atoms with van der Waals surface area (Å²) in [6.45, 7) is 2.33. The topological polar surface area (TPSA) is 103 Å². The summed E-state index contributed by atoms with van der Waals surface area (Å²) in [6.07, 6.45) is 0.810. The number of carbonyl (C=O) groups excluding carboxylic acids is 1. The molecular formula is C20H20ClN5O2. The number of pyridine rings is 1. The number of nitrogen functional groups attached to an aromatic ring is 1. The van der Waals surface area contributed by atoms with Crippen LogP contribution in [0.3, 0.4) is 0 Å². The Labute approximate surface area is 167 Å². The van der Waals surface area contributed by atoms with E-state index in [-0.39, 0.29) is 28.9 Å². The summed E-state index contributed by atoms with van der Waals surface area (Å²) >= 11 is 6.19. The van der Waals surface area contributed by atoms with Crippen molar-refractivity contribution in [1.29, 1.82) is 0 Å². The SMILES string of the molecule is CCCNC(=O)Cn1nc(-c2cc(Cl)c(N)nc2-c2ccccc2)ccc1=O. The first-order valence-electron chi connectivity index (χ1n) is 8.86. The minimum absolute atomic E-state index is 0.163. The van der Waals surface area contributed by atoms with E-state index in [1.807, 2.05) is 37.3 Å². The van der Waals surface area contributed by atoms with Crippen LogP contribution in [-0.4, -0.2) is 27.2 Å². The van der Waals surface area contributed by atoms with Crippen LogP contribution in [0.25, 0.3) is 22.5 Å².